The minimum atomic E-state index is -0.0550. The van der Waals surface area contributed by atoms with Crippen molar-refractivity contribution in [1.29, 1.82) is 0 Å². The fourth-order valence-corrected chi connectivity index (χ4v) is 2.15. The first-order valence-corrected chi connectivity index (χ1v) is 6.26. The zero-order chi connectivity index (χ0) is 12.4. The summed E-state index contributed by atoms with van der Waals surface area (Å²) in [5.41, 5.74) is 7.58. The fourth-order valence-electron chi connectivity index (χ4n) is 1.89. The van der Waals surface area contributed by atoms with Gasteiger partial charge < -0.3 is 11.1 Å². The maximum atomic E-state index is 11.8. The van der Waals surface area contributed by atoms with Crippen molar-refractivity contribution in [2.75, 3.05) is 5.32 Å². The van der Waals surface area contributed by atoms with E-state index in [1.54, 1.807) is 6.07 Å². The number of rotatable bonds is 4. The van der Waals surface area contributed by atoms with Gasteiger partial charge >= 0.3 is 0 Å². The monoisotopic (exact) mass is 252 g/mol. The van der Waals surface area contributed by atoms with Crippen molar-refractivity contribution in [2.24, 2.45) is 11.7 Å². The smallest absolute Gasteiger partial charge is 0.225 e. The van der Waals surface area contributed by atoms with E-state index in [4.69, 9.17) is 17.3 Å². The molecule has 3 N–H and O–H groups in total. The average Bonchev–Trinajstić information content (AvgIpc) is 3.07. The van der Waals surface area contributed by atoms with E-state index in [1.807, 2.05) is 19.1 Å². The molecular weight excluding hydrogens is 236 g/mol. The van der Waals surface area contributed by atoms with Gasteiger partial charge in [0.1, 0.15) is 0 Å². The average molecular weight is 253 g/mol. The topological polar surface area (TPSA) is 55.1 Å². The molecule has 1 aliphatic rings. The van der Waals surface area contributed by atoms with Crippen LogP contribution < -0.4 is 11.1 Å². The molecule has 1 aromatic rings. The van der Waals surface area contributed by atoms with Gasteiger partial charge in [0, 0.05) is 12.5 Å². The van der Waals surface area contributed by atoms with Crippen molar-refractivity contribution in [1.82, 2.24) is 0 Å². The normalized spacial score (nSPS) is 16.6. The Labute approximate surface area is 106 Å². The van der Waals surface area contributed by atoms with Gasteiger partial charge in [0.2, 0.25) is 5.91 Å². The minimum absolute atomic E-state index is 0.0159. The Hall–Kier alpha value is -1.06. The molecule has 0 aliphatic heterocycles. The predicted molar refractivity (Wildman–Crippen MR) is 70.1 cm³/mol. The van der Waals surface area contributed by atoms with E-state index in [0.29, 0.717) is 23.0 Å². The Morgan fingerprint density at radius 2 is 2.29 bits per heavy atom. The number of anilines is 1. The molecule has 4 heteroatoms. The first-order valence-electron chi connectivity index (χ1n) is 5.88. The lowest BCUT2D eigenvalue weighted by Crippen LogP contribution is -2.29. The number of hydrogen-bond acceptors (Lipinski definition) is 2. The number of aryl methyl sites for hydroxylation is 1. The second-order valence-corrected chi connectivity index (χ2v) is 5.09. The molecular formula is C13H17ClN2O. The van der Waals surface area contributed by atoms with Gasteiger partial charge in [-0.25, -0.2) is 0 Å². The van der Waals surface area contributed by atoms with Gasteiger partial charge in [-0.3, -0.25) is 4.79 Å². The summed E-state index contributed by atoms with van der Waals surface area (Å²) in [6.45, 7) is 1.92. The highest BCUT2D eigenvalue weighted by atomic mass is 35.5. The molecule has 0 saturated heterocycles. The molecule has 0 aromatic heterocycles. The van der Waals surface area contributed by atoms with Gasteiger partial charge in [0.25, 0.3) is 0 Å². The summed E-state index contributed by atoms with van der Waals surface area (Å²) in [7, 11) is 0. The third-order valence-electron chi connectivity index (χ3n) is 3.13. The molecule has 0 heterocycles. The number of carbonyl (C=O) groups excluding carboxylic acids is 1. The molecule has 0 radical (unpaired) electrons. The lowest BCUT2D eigenvalue weighted by atomic mass is 10.1. The number of benzene rings is 1. The van der Waals surface area contributed by atoms with Crippen LogP contribution in [0.2, 0.25) is 5.02 Å². The number of hydrogen-bond donors (Lipinski definition) is 2. The second kappa shape index (κ2) is 5.07. The molecule has 1 saturated carbocycles. The SMILES string of the molecule is Cc1cccc(Cl)c1NC(=O)CC(N)C1CC1. The van der Waals surface area contributed by atoms with Crippen molar-refractivity contribution >= 4 is 23.2 Å². The van der Waals surface area contributed by atoms with Crippen LogP contribution in [-0.2, 0) is 4.79 Å². The highest BCUT2D eigenvalue weighted by molar-refractivity contribution is 6.33. The summed E-state index contributed by atoms with van der Waals surface area (Å²) in [6.07, 6.45) is 2.68. The Balaban J connectivity index is 1.97. The minimum Gasteiger partial charge on any atom is -0.327 e. The molecule has 92 valence electrons. The fraction of sp³-hybridized carbons (Fsp3) is 0.462. The molecule has 2 rings (SSSR count). The number of carbonyl (C=O) groups is 1. The van der Waals surface area contributed by atoms with Crippen LogP contribution in [0.25, 0.3) is 0 Å². The van der Waals surface area contributed by atoms with Crippen LogP contribution in [0.15, 0.2) is 18.2 Å². The Morgan fingerprint density at radius 3 is 2.88 bits per heavy atom. The zero-order valence-corrected chi connectivity index (χ0v) is 10.6. The first-order chi connectivity index (χ1) is 8.08. The molecule has 1 aliphatic carbocycles. The van der Waals surface area contributed by atoms with E-state index in [-0.39, 0.29) is 11.9 Å². The van der Waals surface area contributed by atoms with Crippen molar-refractivity contribution in [2.45, 2.75) is 32.2 Å². The summed E-state index contributed by atoms with van der Waals surface area (Å²) in [5, 5.41) is 3.41. The second-order valence-electron chi connectivity index (χ2n) is 4.69. The molecule has 0 bridgehead atoms. The molecule has 1 atom stereocenters. The molecule has 17 heavy (non-hydrogen) atoms. The first kappa shape index (κ1) is 12.4. The van der Waals surface area contributed by atoms with Crippen LogP contribution in [-0.4, -0.2) is 11.9 Å². The Morgan fingerprint density at radius 1 is 1.59 bits per heavy atom. The summed E-state index contributed by atoms with van der Waals surface area (Å²) >= 11 is 6.04. The van der Waals surface area contributed by atoms with Crippen LogP contribution in [0.4, 0.5) is 5.69 Å². The molecule has 3 nitrogen and oxygen atoms in total. The lowest BCUT2D eigenvalue weighted by Gasteiger charge is -2.13. The predicted octanol–water partition coefficient (Wildman–Crippen LogP) is 2.71. The van der Waals surface area contributed by atoms with Crippen molar-refractivity contribution < 1.29 is 4.79 Å². The van der Waals surface area contributed by atoms with E-state index < -0.39 is 0 Å². The summed E-state index contributed by atoms with van der Waals surface area (Å²) < 4.78 is 0. The van der Waals surface area contributed by atoms with E-state index >= 15 is 0 Å². The Bertz CT molecular complexity index is 409. The van der Waals surface area contributed by atoms with Crippen LogP contribution in [0.3, 0.4) is 0 Å². The maximum absolute atomic E-state index is 11.8. The lowest BCUT2D eigenvalue weighted by molar-refractivity contribution is -0.116. The number of amides is 1. The number of nitrogens with one attached hydrogen (secondary N) is 1. The largest absolute Gasteiger partial charge is 0.327 e. The van der Waals surface area contributed by atoms with E-state index in [1.165, 1.54) is 0 Å². The third-order valence-corrected chi connectivity index (χ3v) is 3.45. The van der Waals surface area contributed by atoms with Gasteiger partial charge in [-0.05, 0) is 37.3 Å². The van der Waals surface area contributed by atoms with Crippen LogP contribution in [0, 0.1) is 12.8 Å². The number of para-hydroxylation sites is 1. The van der Waals surface area contributed by atoms with Crippen LogP contribution >= 0.6 is 11.6 Å². The number of halogens is 1. The summed E-state index contributed by atoms with van der Waals surface area (Å²) in [4.78, 5) is 11.8. The molecule has 1 amide bonds. The van der Waals surface area contributed by atoms with E-state index in [2.05, 4.69) is 5.32 Å². The quantitative estimate of drug-likeness (QED) is 0.866. The zero-order valence-electron chi connectivity index (χ0n) is 9.87. The highest BCUT2D eigenvalue weighted by Gasteiger charge is 2.29. The molecule has 1 aromatic carbocycles. The highest BCUT2D eigenvalue weighted by Crippen LogP contribution is 2.33. The van der Waals surface area contributed by atoms with Gasteiger partial charge in [-0.15, -0.1) is 0 Å². The maximum Gasteiger partial charge on any atom is 0.225 e. The van der Waals surface area contributed by atoms with E-state index in [9.17, 15) is 4.79 Å². The molecule has 1 fully saturated rings. The van der Waals surface area contributed by atoms with Gasteiger partial charge in [-0.1, -0.05) is 23.7 Å². The molecule has 0 spiro atoms. The van der Waals surface area contributed by atoms with Gasteiger partial charge in [0.05, 0.1) is 10.7 Å². The molecule has 1 unspecified atom stereocenters. The Kier molecular flexibility index (Phi) is 3.69. The van der Waals surface area contributed by atoms with Gasteiger partial charge in [0.15, 0.2) is 0 Å². The summed E-state index contributed by atoms with van der Waals surface area (Å²) in [6, 6.07) is 5.54. The van der Waals surface area contributed by atoms with Crippen LogP contribution in [0.5, 0.6) is 0 Å². The number of nitrogens with two attached hydrogens (primary N) is 1. The van der Waals surface area contributed by atoms with Gasteiger partial charge in [-0.2, -0.15) is 0 Å². The van der Waals surface area contributed by atoms with Crippen molar-refractivity contribution in [3.05, 3.63) is 28.8 Å². The van der Waals surface area contributed by atoms with E-state index in [0.717, 1.165) is 18.4 Å². The van der Waals surface area contributed by atoms with Crippen molar-refractivity contribution in [3.8, 4) is 0 Å². The van der Waals surface area contributed by atoms with Crippen molar-refractivity contribution in [3.63, 3.8) is 0 Å². The standard InChI is InChI=1S/C13H17ClN2O/c1-8-3-2-4-10(14)13(8)16-12(17)7-11(15)9-5-6-9/h2-4,9,11H,5-7,15H2,1H3,(H,16,17). The third kappa shape index (κ3) is 3.20. The summed E-state index contributed by atoms with van der Waals surface area (Å²) in [5.74, 6) is 0.480. The van der Waals surface area contributed by atoms with Crippen LogP contribution in [0.1, 0.15) is 24.8 Å².